The Morgan fingerprint density at radius 1 is 1.00 bits per heavy atom. The van der Waals surface area contributed by atoms with Crippen LogP contribution in [0.5, 0.6) is 0 Å². The van der Waals surface area contributed by atoms with Crippen molar-refractivity contribution in [3.05, 3.63) is 101 Å². The van der Waals surface area contributed by atoms with Crippen molar-refractivity contribution in [3.63, 3.8) is 0 Å². The summed E-state index contributed by atoms with van der Waals surface area (Å²) in [6.45, 7) is 4.35. The van der Waals surface area contributed by atoms with Gasteiger partial charge in [-0.25, -0.2) is 22.9 Å². The second-order valence-corrected chi connectivity index (χ2v) is 11.0. The van der Waals surface area contributed by atoms with Crippen LogP contribution in [-0.4, -0.2) is 60.2 Å². The minimum atomic E-state index is -4.12. The molecule has 1 heterocycles. The van der Waals surface area contributed by atoms with Gasteiger partial charge in [-0.3, -0.25) is 0 Å². The average molecular weight is 561 g/mol. The number of benzene rings is 3. The van der Waals surface area contributed by atoms with Crippen molar-refractivity contribution >= 4 is 57.3 Å². The summed E-state index contributed by atoms with van der Waals surface area (Å²) >= 11 is 5.92. The number of rotatable bonds is 9. The maximum absolute atomic E-state index is 12.4. The van der Waals surface area contributed by atoms with E-state index in [9.17, 15) is 13.2 Å². The third kappa shape index (κ3) is 7.71. The molecule has 0 unspecified atom stereocenters. The third-order valence-corrected chi connectivity index (χ3v) is 7.43. The molecule has 0 saturated carbocycles. The molecule has 193 valence electrons. The van der Waals surface area contributed by atoms with E-state index in [1.54, 1.807) is 6.07 Å². The molecule has 1 amide bonds. The number of carbonyl (C=O) groups is 1. The van der Waals surface area contributed by atoms with Crippen LogP contribution in [0.4, 0.5) is 4.79 Å². The zero-order chi connectivity index (χ0) is 26.4. The number of hydrogen-bond donors (Lipinski definition) is 1. The van der Waals surface area contributed by atoms with Gasteiger partial charge in [-0.2, -0.15) is 0 Å². The first-order valence-corrected chi connectivity index (χ1v) is 13.8. The third-order valence-electron chi connectivity index (χ3n) is 5.62. The van der Waals surface area contributed by atoms with Gasteiger partial charge in [0, 0.05) is 59.8 Å². The fraction of sp³-hybridized carbons (Fsp3) is 0.214. The molecule has 0 atom stereocenters. The van der Waals surface area contributed by atoms with Crippen LogP contribution >= 0.6 is 11.6 Å². The van der Waals surface area contributed by atoms with Gasteiger partial charge in [-0.15, -0.1) is 0 Å². The summed E-state index contributed by atoms with van der Waals surface area (Å²) in [6.07, 6.45) is 2.27. The maximum atomic E-state index is 12.4. The van der Waals surface area contributed by atoms with Gasteiger partial charge in [0.25, 0.3) is 10.0 Å². The molecule has 0 spiro atoms. The van der Waals surface area contributed by atoms with Crippen molar-refractivity contribution in [1.82, 2.24) is 14.3 Å². The van der Waals surface area contributed by atoms with Crippen LogP contribution in [0, 0.1) is 5.92 Å². The van der Waals surface area contributed by atoms with E-state index in [0.29, 0.717) is 12.3 Å². The summed E-state index contributed by atoms with van der Waals surface area (Å²) in [5, 5.41) is 0.0215. The monoisotopic (exact) mass is 560 g/mol. The molecular weight excluding hydrogens is 533 g/mol. The summed E-state index contributed by atoms with van der Waals surface area (Å²) in [6, 6.07) is 23.9. The van der Waals surface area contributed by atoms with Crippen molar-refractivity contribution in [2.24, 2.45) is 5.92 Å². The number of amides is 1. The van der Waals surface area contributed by atoms with Gasteiger partial charge < -0.3 is 9.30 Å². The van der Waals surface area contributed by atoms with E-state index in [1.807, 2.05) is 59.3 Å². The van der Waals surface area contributed by atoms with E-state index in [1.165, 1.54) is 18.2 Å². The molecule has 0 bridgehead atoms. The van der Waals surface area contributed by atoms with E-state index >= 15 is 0 Å². The predicted molar refractivity (Wildman–Crippen MR) is 150 cm³/mol. The van der Waals surface area contributed by atoms with Gasteiger partial charge in [0.1, 0.15) is 10.7 Å². The zero-order valence-electron chi connectivity index (χ0n) is 21.6. The van der Waals surface area contributed by atoms with E-state index in [2.05, 4.69) is 24.6 Å². The van der Waals surface area contributed by atoms with E-state index in [0.717, 1.165) is 34.8 Å². The Bertz CT molecular complexity index is 1470. The first-order chi connectivity index (χ1) is 17.7. The SMILES string of the molecule is CC(C)Cc1nc(-c2ccccc2)cn1-c1ccc(CCOC(=O)NS(=O)(=O)c2ccccc2Cl)cc1.[Na]. The first-order valence-electron chi connectivity index (χ1n) is 11.9. The average Bonchev–Trinajstić information content (AvgIpc) is 3.28. The zero-order valence-corrected chi connectivity index (χ0v) is 25.2. The molecule has 0 aliphatic carbocycles. The van der Waals surface area contributed by atoms with Gasteiger partial charge >= 0.3 is 6.09 Å². The van der Waals surface area contributed by atoms with Crippen LogP contribution in [0.3, 0.4) is 0 Å². The first kappa shape index (κ1) is 29.9. The molecule has 38 heavy (non-hydrogen) atoms. The van der Waals surface area contributed by atoms with E-state index in [-0.39, 0.29) is 46.1 Å². The number of imidazole rings is 1. The van der Waals surface area contributed by atoms with Crippen LogP contribution < -0.4 is 4.72 Å². The molecule has 1 N–H and O–H groups in total. The number of nitrogens with one attached hydrogen (secondary N) is 1. The Labute approximate surface area is 250 Å². The number of aromatic nitrogens is 2. The Balaban J connectivity index is 0.00000400. The molecule has 3 aromatic carbocycles. The quantitative estimate of drug-likeness (QED) is 0.266. The van der Waals surface area contributed by atoms with Crippen molar-refractivity contribution in [2.75, 3.05) is 6.61 Å². The minimum absolute atomic E-state index is 0. The molecule has 1 radical (unpaired) electrons. The molecule has 1 aromatic heterocycles. The standard InChI is InChI=1S/C28H28ClN3O4S.Na/c1-20(2)18-27-30-25(22-8-4-3-5-9-22)19-32(27)23-14-12-21(13-15-23)16-17-36-28(33)31-37(34,35)26-11-7-6-10-24(26)29;/h3-15,19-20H,16-18H2,1-2H3,(H,31,33);. The van der Waals surface area contributed by atoms with Crippen LogP contribution in [0.2, 0.25) is 5.02 Å². The molecule has 10 heteroatoms. The summed E-state index contributed by atoms with van der Waals surface area (Å²) in [4.78, 5) is 16.8. The number of hydrogen-bond acceptors (Lipinski definition) is 5. The molecule has 0 aliphatic heterocycles. The molecule has 7 nitrogen and oxygen atoms in total. The van der Waals surface area contributed by atoms with Crippen molar-refractivity contribution in [1.29, 1.82) is 0 Å². The summed E-state index contributed by atoms with van der Waals surface area (Å²) < 4.78 is 33.8. The van der Waals surface area contributed by atoms with E-state index < -0.39 is 16.1 Å². The van der Waals surface area contributed by atoms with Crippen LogP contribution in [0.15, 0.2) is 90.0 Å². The largest absolute Gasteiger partial charge is 0.448 e. The van der Waals surface area contributed by atoms with Gasteiger partial charge in [-0.05, 0) is 35.7 Å². The van der Waals surface area contributed by atoms with Gasteiger partial charge in [0.2, 0.25) is 0 Å². The van der Waals surface area contributed by atoms with Crippen LogP contribution in [0.25, 0.3) is 16.9 Å². The molecule has 0 fully saturated rings. The Morgan fingerprint density at radius 3 is 2.32 bits per heavy atom. The van der Waals surface area contributed by atoms with Crippen molar-refractivity contribution in [3.8, 4) is 16.9 Å². The van der Waals surface area contributed by atoms with Gasteiger partial charge in [0.05, 0.1) is 17.3 Å². The van der Waals surface area contributed by atoms with Crippen LogP contribution in [-0.2, 0) is 27.6 Å². The predicted octanol–water partition coefficient (Wildman–Crippen LogP) is 5.67. The fourth-order valence-electron chi connectivity index (χ4n) is 3.84. The van der Waals surface area contributed by atoms with Crippen molar-refractivity contribution in [2.45, 2.75) is 31.6 Å². The van der Waals surface area contributed by atoms with Gasteiger partial charge in [0.15, 0.2) is 0 Å². The topological polar surface area (TPSA) is 90.3 Å². The molecular formula is C28H28ClN3NaO4S. The summed E-state index contributed by atoms with van der Waals surface area (Å²) in [5.41, 5.74) is 3.92. The Morgan fingerprint density at radius 2 is 1.66 bits per heavy atom. The number of nitrogens with zero attached hydrogens (tertiary/aromatic N) is 2. The summed E-state index contributed by atoms with van der Waals surface area (Å²) in [5.74, 6) is 1.44. The molecule has 4 rings (SSSR count). The van der Waals surface area contributed by atoms with Crippen LogP contribution in [0.1, 0.15) is 25.2 Å². The smallest absolute Gasteiger partial charge is 0.421 e. The van der Waals surface area contributed by atoms with E-state index in [4.69, 9.17) is 21.3 Å². The number of sulfonamides is 1. The molecule has 0 saturated heterocycles. The Kier molecular flexibility index (Phi) is 10.6. The maximum Gasteiger partial charge on any atom is 0.421 e. The van der Waals surface area contributed by atoms with Gasteiger partial charge in [-0.1, -0.05) is 80.0 Å². The normalized spacial score (nSPS) is 11.2. The number of halogens is 1. The summed E-state index contributed by atoms with van der Waals surface area (Å²) in [7, 11) is -4.12. The Hall–Kier alpha value is -2.62. The second kappa shape index (κ2) is 13.4. The van der Waals surface area contributed by atoms with Crippen molar-refractivity contribution < 1.29 is 17.9 Å². The molecule has 4 aromatic rings. The molecule has 0 aliphatic rings. The number of carbonyl (C=O) groups excluding carboxylic acids is 1. The fourth-order valence-corrected chi connectivity index (χ4v) is 5.25. The second-order valence-electron chi connectivity index (χ2n) is 8.96. The number of ether oxygens (including phenoxy) is 1. The minimum Gasteiger partial charge on any atom is -0.448 e.